The molecule has 0 saturated carbocycles. The van der Waals surface area contributed by atoms with Crippen LogP contribution in [0.2, 0.25) is 0 Å². The molecule has 2 rings (SSSR count). The van der Waals surface area contributed by atoms with Crippen molar-refractivity contribution in [1.82, 2.24) is 4.90 Å². The SMILES string of the molecule is CCc1ccc(NC(=O)C[C@H]2C(=O)OCCN2CC)cc1. The lowest BCUT2D eigenvalue weighted by Gasteiger charge is -2.32. The zero-order valence-electron chi connectivity index (χ0n) is 12.6. The van der Waals surface area contributed by atoms with Gasteiger partial charge in [0.15, 0.2) is 0 Å². The number of esters is 1. The second kappa shape index (κ2) is 7.22. The van der Waals surface area contributed by atoms with Crippen LogP contribution >= 0.6 is 0 Å². The van der Waals surface area contributed by atoms with E-state index in [-0.39, 0.29) is 18.3 Å². The van der Waals surface area contributed by atoms with E-state index in [0.717, 1.165) is 18.7 Å². The summed E-state index contributed by atoms with van der Waals surface area (Å²) in [5.41, 5.74) is 1.98. The van der Waals surface area contributed by atoms with E-state index in [1.165, 1.54) is 5.56 Å². The average Bonchev–Trinajstić information content (AvgIpc) is 2.50. The van der Waals surface area contributed by atoms with E-state index in [9.17, 15) is 9.59 Å². The fourth-order valence-electron chi connectivity index (χ4n) is 2.47. The van der Waals surface area contributed by atoms with Gasteiger partial charge >= 0.3 is 5.97 Å². The molecule has 1 fully saturated rings. The van der Waals surface area contributed by atoms with E-state index < -0.39 is 6.04 Å². The van der Waals surface area contributed by atoms with Crippen molar-refractivity contribution >= 4 is 17.6 Å². The molecule has 1 amide bonds. The maximum Gasteiger partial charge on any atom is 0.323 e. The highest BCUT2D eigenvalue weighted by molar-refractivity contribution is 5.94. The quantitative estimate of drug-likeness (QED) is 0.841. The summed E-state index contributed by atoms with van der Waals surface area (Å²) in [5.74, 6) is -0.471. The minimum atomic E-state index is -0.473. The summed E-state index contributed by atoms with van der Waals surface area (Å²) in [5, 5.41) is 2.83. The molecule has 1 saturated heterocycles. The Kier molecular flexibility index (Phi) is 5.33. The average molecular weight is 290 g/mol. The van der Waals surface area contributed by atoms with E-state index in [1.807, 2.05) is 36.1 Å². The molecule has 21 heavy (non-hydrogen) atoms. The topological polar surface area (TPSA) is 58.6 Å². The molecule has 0 bridgehead atoms. The Morgan fingerprint density at radius 3 is 2.67 bits per heavy atom. The number of amides is 1. The van der Waals surface area contributed by atoms with Crippen LogP contribution in [0.15, 0.2) is 24.3 Å². The molecule has 1 aliphatic heterocycles. The molecule has 0 aliphatic carbocycles. The summed E-state index contributed by atoms with van der Waals surface area (Å²) in [6, 6.07) is 7.27. The van der Waals surface area contributed by atoms with Gasteiger partial charge in [0.25, 0.3) is 0 Å². The third kappa shape index (κ3) is 4.04. The molecule has 114 valence electrons. The predicted octanol–water partition coefficient (Wildman–Crippen LogP) is 1.82. The minimum absolute atomic E-state index is 0.127. The smallest absolute Gasteiger partial charge is 0.323 e. The van der Waals surface area contributed by atoms with Gasteiger partial charge in [-0.15, -0.1) is 0 Å². The van der Waals surface area contributed by atoms with Crippen molar-refractivity contribution in [2.24, 2.45) is 0 Å². The van der Waals surface area contributed by atoms with Gasteiger partial charge in [-0.3, -0.25) is 14.5 Å². The van der Waals surface area contributed by atoms with Crippen LogP contribution in [0.25, 0.3) is 0 Å². The first-order valence-corrected chi connectivity index (χ1v) is 7.43. The van der Waals surface area contributed by atoms with Crippen molar-refractivity contribution < 1.29 is 14.3 Å². The lowest BCUT2D eigenvalue weighted by atomic mass is 10.1. The number of likely N-dealkylation sites (N-methyl/N-ethyl adjacent to an activating group) is 1. The molecule has 0 unspecified atom stereocenters. The standard InChI is InChI=1S/C16H22N2O3/c1-3-12-5-7-13(8-6-12)17-15(19)11-14-16(20)21-10-9-18(14)4-2/h5-8,14H,3-4,9-11H2,1-2H3,(H,17,19)/t14-/m0/s1. The molecule has 1 N–H and O–H groups in total. The van der Waals surface area contributed by atoms with Crippen molar-refractivity contribution in [2.45, 2.75) is 32.7 Å². The summed E-state index contributed by atoms with van der Waals surface area (Å²) in [6.07, 6.45) is 1.09. The van der Waals surface area contributed by atoms with Crippen LogP contribution in [0.1, 0.15) is 25.8 Å². The van der Waals surface area contributed by atoms with E-state index in [4.69, 9.17) is 4.74 Å². The summed E-state index contributed by atoms with van der Waals surface area (Å²) in [6.45, 7) is 5.89. The molecule has 0 radical (unpaired) electrons. The molecule has 1 heterocycles. The Balaban J connectivity index is 1.94. The van der Waals surface area contributed by atoms with Crippen molar-refractivity contribution in [2.75, 3.05) is 25.0 Å². The van der Waals surface area contributed by atoms with Crippen LogP contribution in [-0.4, -0.2) is 42.5 Å². The number of ether oxygens (including phenoxy) is 1. The number of carbonyl (C=O) groups is 2. The van der Waals surface area contributed by atoms with E-state index >= 15 is 0 Å². The van der Waals surface area contributed by atoms with Gasteiger partial charge < -0.3 is 10.1 Å². The predicted molar refractivity (Wildman–Crippen MR) is 81.1 cm³/mol. The summed E-state index contributed by atoms with van der Waals surface area (Å²) in [4.78, 5) is 25.9. The summed E-state index contributed by atoms with van der Waals surface area (Å²) >= 11 is 0. The summed E-state index contributed by atoms with van der Waals surface area (Å²) in [7, 11) is 0. The highest BCUT2D eigenvalue weighted by atomic mass is 16.5. The number of hydrogen-bond donors (Lipinski definition) is 1. The van der Waals surface area contributed by atoms with Crippen molar-refractivity contribution in [3.05, 3.63) is 29.8 Å². The molecule has 0 aromatic heterocycles. The monoisotopic (exact) mass is 290 g/mol. The lowest BCUT2D eigenvalue weighted by Crippen LogP contribution is -2.50. The lowest BCUT2D eigenvalue weighted by molar-refractivity contribution is -0.158. The minimum Gasteiger partial charge on any atom is -0.463 e. The van der Waals surface area contributed by atoms with Gasteiger partial charge in [-0.2, -0.15) is 0 Å². The number of anilines is 1. The first kappa shape index (κ1) is 15.5. The Bertz CT molecular complexity index is 499. The normalized spacial score (nSPS) is 19.1. The third-order valence-corrected chi connectivity index (χ3v) is 3.77. The molecule has 1 aliphatic rings. The van der Waals surface area contributed by atoms with Crippen LogP contribution in [0.4, 0.5) is 5.69 Å². The maximum absolute atomic E-state index is 12.1. The van der Waals surface area contributed by atoms with E-state index in [0.29, 0.717) is 13.2 Å². The fraction of sp³-hybridized carbons (Fsp3) is 0.500. The van der Waals surface area contributed by atoms with Crippen LogP contribution in [0.5, 0.6) is 0 Å². The Morgan fingerprint density at radius 2 is 2.05 bits per heavy atom. The zero-order chi connectivity index (χ0) is 15.2. The molecule has 1 aromatic rings. The van der Waals surface area contributed by atoms with Gasteiger partial charge in [0.1, 0.15) is 12.6 Å². The molecule has 1 atom stereocenters. The number of hydrogen-bond acceptors (Lipinski definition) is 4. The third-order valence-electron chi connectivity index (χ3n) is 3.77. The van der Waals surface area contributed by atoms with Gasteiger partial charge in [0.2, 0.25) is 5.91 Å². The Labute approximate surface area is 125 Å². The Morgan fingerprint density at radius 1 is 1.33 bits per heavy atom. The molecule has 1 aromatic carbocycles. The van der Waals surface area contributed by atoms with Gasteiger partial charge in [-0.1, -0.05) is 26.0 Å². The number of carbonyl (C=O) groups excluding carboxylic acids is 2. The van der Waals surface area contributed by atoms with Gasteiger partial charge in [-0.25, -0.2) is 0 Å². The Hall–Kier alpha value is -1.88. The number of cyclic esters (lactones) is 1. The molecular weight excluding hydrogens is 268 g/mol. The van der Waals surface area contributed by atoms with Crippen LogP contribution in [-0.2, 0) is 20.7 Å². The molecule has 5 heteroatoms. The number of benzene rings is 1. The highest BCUT2D eigenvalue weighted by Gasteiger charge is 2.32. The number of nitrogens with one attached hydrogen (secondary N) is 1. The van der Waals surface area contributed by atoms with Crippen molar-refractivity contribution in [3.63, 3.8) is 0 Å². The van der Waals surface area contributed by atoms with Gasteiger partial charge in [-0.05, 0) is 30.7 Å². The molecular formula is C16H22N2O3. The molecule has 0 spiro atoms. The summed E-state index contributed by atoms with van der Waals surface area (Å²) < 4.78 is 5.04. The first-order valence-electron chi connectivity index (χ1n) is 7.43. The van der Waals surface area contributed by atoms with Gasteiger partial charge in [0, 0.05) is 12.2 Å². The number of rotatable bonds is 5. The highest BCUT2D eigenvalue weighted by Crippen LogP contribution is 2.14. The first-order chi connectivity index (χ1) is 10.1. The largest absolute Gasteiger partial charge is 0.463 e. The number of nitrogens with zero attached hydrogens (tertiary/aromatic N) is 1. The maximum atomic E-state index is 12.1. The second-order valence-corrected chi connectivity index (χ2v) is 5.11. The molecule has 5 nitrogen and oxygen atoms in total. The fourth-order valence-corrected chi connectivity index (χ4v) is 2.47. The van der Waals surface area contributed by atoms with Gasteiger partial charge in [0.05, 0.1) is 6.42 Å². The van der Waals surface area contributed by atoms with Crippen LogP contribution < -0.4 is 5.32 Å². The number of morpholine rings is 1. The van der Waals surface area contributed by atoms with Crippen LogP contribution in [0, 0.1) is 0 Å². The second-order valence-electron chi connectivity index (χ2n) is 5.11. The van der Waals surface area contributed by atoms with E-state index in [2.05, 4.69) is 12.2 Å². The van der Waals surface area contributed by atoms with Crippen molar-refractivity contribution in [1.29, 1.82) is 0 Å². The van der Waals surface area contributed by atoms with Crippen LogP contribution in [0.3, 0.4) is 0 Å². The van der Waals surface area contributed by atoms with Crippen molar-refractivity contribution in [3.8, 4) is 0 Å². The van der Waals surface area contributed by atoms with E-state index in [1.54, 1.807) is 0 Å². The zero-order valence-corrected chi connectivity index (χ0v) is 12.6. The number of aryl methyl sites for hydroxylation is 1.